The molecule has 0 radical (unpaired) electrons. The summed E-state index contributed by atoms with van der Waals surface area (Å²) in [6, 6.07) is 4.06. The average Bonchev–Trinajstić information content (AvgIpc) is 2.31. The van der Waals surface area contributed by atoms with E-state index in [9.17, 15) is 5.11 Å². The topological polar surface area (TPSA) is 23.5 Å². The summed E-state index contributed by atoms with van der Waals surface area (Å²) in [6.45, 7) is 4.18. The molecule has 1 aromatic carbocycles. The molecule has 0 aliphatic carbocycles. The van der Waals surface area contributed by atoms with Crippen LogP contribution in [-0.2, 0) is 12.8 Å². The third-order valence-electron chi connectivity index (χ3n) is 3.04. The van der Waals surface area contributed by atoms with Crippen molar-refractivity contribution in [1.82, 2.24) is 4.90 Å². The number of phenolic OH excluding ortho intramolecular Hbond substituents is 1. The highest BCUT2D eigenvalue weighted by Gasteiger charge is 2.12. The van der Waals surface area contributed by atoms with Gasteiger partial charge in [0.25, 0.3) is 0 Å². The van der Waals surface area contributed by atoms with Crippen LogP contribution in [0, 0.1) is 6.92 Å². The van der Waals surface area contributed by atoms with Gasteiger partial charge >= 0.3 is 0 Å². The van der Waals surface area contributed by atoms with Crippen molar-refractivity contribution < 1.29 is 5.11 Å². The molecule has 1 aliphatic heterocycles. The Morgan fingerprint density at radius 2 is 1.71 bits per heavy atom. The largest absolute Gasteiger partial charge is 0.508 e. The minimum atomic E-state index is 0.438. The van der Waals surface area contributed by atoms with Crippen molar-refractivity contribution in [3.63, 3.8) is 0 Å². The predicted molar refractivity (Wildman–Crippen MR) is 57.7 cm³/mol. The van der Waals surface area contributed by atoms with E-state index in [0.717, 1.165) is 31.5 Å². The van der Waals surface area contributed by atoms with Gasteiger partial charge in [-0.25, -0.2) is 0 Å². The predicted octanol–water partition coefficient (Wildman–Crippen LogP) is 1.73. The molecule has 1 aliphatic rings. The molecule has 0 atom stereocenters. The lowest BCUT2D eigenvalue weighted by Gasteiger charge is -2.10. The number of aryl methyl sites for hydroxylation is 1. The molecular formula is C12H17NO. The second-order valence-corrected chi connectivity index (χ2v) is 4.21. The third-order valence-corrected chi connectivity index (χ3v) is 3.04. The second-order valence-electron chi connectivity index (χ2n) is 4.21. The van der Waals surface area contributed by atoms with Crippen LogP contribution in [0.5, 0.6) is 5.75 Å². The van der Waals surface area contributed by atoms with Gasteiger partial charge in [-0.05, 0) is 49.6 Å². The molecule has 2 rings (SSSR count). The Labute approximate surface area is 85.2 Å². The summed E-state index contributed by atoms with van der Waals surface area (Å²) in [6.07, 6.45) is 2.16. The number of aromatic hydroxyl groups is 1. The van der Waals surface area contributed by atoms with E-state index in [0.29, 0.717) is 5.75 Å². The van der Waals surface area contributed by atoms with Crippen molar-refractivity contribution in [3.8, 4) is 5.75 Å². The highest BCUT2D eigenvalue weighted by atomic mass is 16.3. The zero-order valence-electron chi connectivity index (χ0n) is 8.88. The first-order valence-electron chi connectivity index (χ1n) is 5.17. The highest BCUT2D eigenvalue weighted by Crippen LogP contribution is 2.24. The van der Waals surface area contributed by atoms with Gasteiger partial charge in [0, 0.05) is 13.1 Å². The Balaban J connectivity index is 2.36. The number of hydrogen-bond acceptors (Lipinski definition) is 2. The molecule has 1 heterocycles. The maximum Gasteiger partial charge on any atom is 0.118 e. The molecule has 0 bridgehead atoms. The maximum absolute atomic E-state index is 9.62. The van der Waals surface area contributed by atoms with Crippen LogP contribution in [0.4, 0.5) is 0 Å². The van der Waals surface area contributed by atoms with Crippen LogP contribution in [-0.4, -0.2) is 30.1 Å². The maximum atomic E-state index is 9.62. The van der Waals surface area contributed by atoms with Crippen LogP contribution in [0.3, 0.4) is 0 Å². The Kier molecular flexibility index (Phi) is 2.46. The van der Waals surface area contributed by atoms with E-state index in [1.165, 1.54) is 11.1 Å². The van der Waals surface area contributed by atoms with Gasteiger partial charge < -0.3 is 10.0 Å². The fraction of sp³-hybridized carbons (Fsp3) is 0.500. The number of benzene rings is 1. The summed E-state index contributed by atoms with van der Waals surface area (Å²) in [5, 5.41) is 9.62. The van der Waals surface area contributed by atoms with Crippen LogP contribution >= 0.6 is 0 Å². The second kappa shape index (κ2) is 3.62. The zero-order chi connectivity index (χ0) is 10.1. The van der Waals surface area contributed by atoms with Crippen LogP contribution in [0.15, 0.2) is 12.1 Å². The van der Waals surface area contributed by atoms with Crippen molar-refractivity contribution in [2.75, 3.05) is 20.1 Å². The van der Waals surface area contributed by atoms with E-state index < -0.39 is 0 Å². The zero-order valence-corrected chi connectivity index (χ0v) is 8.88. The number of fused-ring (bicyclic) bond motifs is 1. The first-order chi connectivity index (χ1) is 6.66. The van der Waals surface area contributed by atoms with Gasteiger partial charge in [-0.15, -0.1) is 0 Å². The van der Waals surface area contributed by atoms with Crippen LogP contribution in [0.1, 0.15) is 16.7 Å². The van der Waals surface area contributed by atoms with E-state index in [1.807, 2.05) is 13.0 Å². The molecule has 0 fully saturated rings. The number of rotatable bonds is 0. The van der Waals surface area contributed by atoms with Gasteiger partial charge in [0.1, 0.15) is 5.75 Å². The number of hydrogen-bond donors (Lipinski definition) is 1. The van der Waals surface area contributed by atoms with Crippen LogP contribution < -0.4 is 0 Å². The minimum Gasteiger partial charge on any atom is -0.508 e. The molecule has 0 saturated heterocycles. The summed E-state index contributed by atoms with van der Waals surface area (Å²) in [5.74, 6) is 0.438. The lowest BCUT2D eigenvalue weighted by molar-refractivity contribution is 0.352. The monoisotopic (exact) mass is 191 g/mol. The molecule has 1 N–H and O–H groups in total. The molecular weight excluding hydrogens is 174 g/mol. The summed E-state index contributed by atoms with van der Waals surface area (Å²) in [7, 11) is 2.15. The third kappa shape index (κ3) is 1.75. The molecule has 0 unspecified atom stereocenters. The van der Waals surface area contributed by atoms with Gasteiger partial charge in [0.05, 0.1) is 0 Å². The highest BCUT2D eigenvalue weighted by molar-refractivity contribution is 5.41. The normalized spacial score (nSPS) is 17.6. The van der Waals surface area contributed by atoms with Gasteiger partial charge in [-0.2, -0.15) is 0 Å². The van der Waals surface area contributed by atoms with E-state index in [1.54, 1.807) is 0 Å². The molecule has 2 nitrogen and oxygen atoms in total. The number of phenols is 1. The van der Waals surface area contributed by atoms with E-state index in [2.05, 4.69) is 18.0 Å². The number of likely N-dealkylation sites (N-methyl/N-ethyl adjacent to an activating group) is 1. The average molecular weight is 191 g/mol. The summed E-state index contributed by atoms with van der Waals surface area (Å²) in [4.78, 5) is 2.34. The van der Waals surface area contributed by atoms with Gasteiger partial charge in [-0.1, -0.05) is 6.07 Å². The summed E-state index contributed by atoms with van der Waals surface area (Å²) < 4.78 is 0. The lowest BCUT2D eigenvalue weighted by Crippen LogP contribution is -2.20. The molecule has 2 heteroatoms. The SMILES string of the molecule is Cc1cc2c(cc1O)CCN(C)CC2. The van der Waals surface area contributed by atoms with Crippen molar-refractivity contribution in [3.05, 3.63) is 28.8 Å². The quantitative estimate of drug-likeness (QED) is 0.675. The molecule has 1 aromatic rings. The Morgan fingerprint density at radius 1 is 1.14 bits per heavy atom. The fourth-order valence-corrected chi connectivity index (χ4v) is 2.00. The molecule has 0 aromatic heterocycles. The molecule has 0 amide bonds. The Morgan fingerprint density at radius 3 is 2.36 bits per heavy atom. The van der Waals surface area contributed by atoms with Crippen molar-refractivity contribution in [1.29, 1.82) is 0 Å². The van der Waals surface area contributed by atoms with Gasteiger partial charge in [0.15, 0.2) is 0 Å². The molecule has 0 saturated carbocycles. The van der Waals surface area contributed by atoms with Crippen LogP contribution in [0.25, 0.3) is 0 Å². The smallest absolute Gasteiger partial charge is 0.118 e. The van der Waals surface area contributed by atoms with Gasteiger partial charge in [0.2, 0.25) is 0 Å². The molecule has 0 spiro atoms. The first kappa shape index (κ1) is 9.53. The molecule has 14 heavy (non-hydrogen) atoms. The Hall–Kier alpha value is -1.02. The lowest BCUT2D eigenvalue weighted by atomic mass is 10.00. The fourth-order valence-electron chi connectivity index (χ4n) is 2.00. The molecule has 76 valence electrons. The van der Waals surface area contributed by atoms with Crippen molar-refractivity contribution in [2.24, 2.45) is 0 Å². The summed E-state index contributed by atoms with van der Waals surface area (Å²) in [5.41, 5.74) is 3.72. The minimum absolute atomic E-state index is 0.438. The first-order valence-corrected chi connectivity index (χ1v) is 5.17. The number of nitrogens with zero attached hydrogens (tertiary/aromatic N) is 1. The Bertz CT molecular complexity index is 313. The van der Waals surface area contributed by atoms with E-state index >= 15 is 0 Å². The summed E-state index contributed by atoms with van der Waals surface area (Å²) >= 11 is 0. The van der Waals surface area contributed by atoms with Crippen molar-refractivity contribution in [2.45, 2.75) is 19.8 Å². The van der Waals surface area contributed by atoms with Crippen LogP contribution in [0.2, 0.25) is 0 Å². The van der Waals surface area contributed by atoms with E-state index in [4.69, 9.17) is 0 Å². The van der Waals surface area contributed by atoms with Crippen molar-refractivity contribution >= 4 is 0 Å². The van der Waals surface area contributed by atoms with Gasteiger partial charge in [-0.3, -0.25) is 0 Å². The van der Waals surface area contributed by atoms with E-state index in [-0.39, 0.29) is 0 Å². The standard InChI is InChI=1S/C12H17NO/c1-9-7-10-3-5-13(2)6-4-11(10)8-12(9)14/h7-8,14H,3-6H2,1-2H3.